The molecule has 0 radical (unpaired) electrons. The zero-order chi connectivity index (χ0) is 26.8. The van der Waals surface area contributed by atoms with Gasteiger partial charge in [-0.25, -0.2) is 16.8 Å². The SMILES string of the molecule is Cc1ccc(C)c(N([C@H](C)C(=O)Nc2ccc(S(=O)(=O)Nc3cc(Cl)ccc3C)cc2)S(C)(=O)=O)c1. The van der Waals surface area contributed by atoms with Crippen molar-refractivity contribution in [1.82, 2.24) is 0 Å². The number of hydrogen-bond acceptors (Lipinski definition) is 5. The molecule has 0 fully saturated rings. The molecule has 0 spiro atoms. The Balaban J connectivity index is 1.81. The number of benzene rings is 3. The number of halogens is 1. The molecule has 192 valence electrons. The van der Waals surface area contributed by atoms with Gasteiger partial charge in [-0.05, 0) is 86.8 Å². The van der Waals surface area contributed by atoms with E-state index < -0.39 is 32.0 Å². The number of carbonyl (C=O) groups excluding carboxylic acids is 1. The molecule has 3 aromatic rings. The van der Waals surface area contributed by atoms with Crippen LogP contribution in [-0.2, 0) is 24.8 Å². The van der Waals surface area contributed by atoms with E-state index in [0.717, 1.165) is 16.1 Å². The number of nitrogens with zero attached hydrogens (tertiary/aromatic N) is 1. The zero-order valence-electron chi connectivity index (χ0n) is 20.5. The molecular formula is C25H28ClN3O5S2. The van der Waals surface area contributed by atoms with E-state index in [1.54, 1.807) is 38.1 Å². The van der Waals surface area contributed by atoms with Crippen LogP contribution in [0.1, 0.15) is 23.6 Å². The Morgan fingerprint density at radius 2 is 1.50 bits per heavy atom. The van der Waals surface area contributed by atoms with Crippen LogP contribution in [0.15, 0.2) is 65.6 Å². The highest BCUT2D eigenvalue weighted by Gasteiger charge is 2.30. The highest BCUT2D eigenvalue weighted by Crippen LogP contribution is 2.27. The van der Waals surface area contributed by atoms with E-state index in [1.165, 1.54) is 37.3 Å². The van der Waals surface area contributed by atoms with E-state index in [9.17, 15) is 21.6 Å². The molecule has 0 unspecified atom stereocenters. The molecule has 3 aromatic carbocycles. The summed E-state index contributed by atoms with van der Waals surface area (Å²) in [6.07, 6.45) is 1.05. The smallest absolute Gasteiger partial charge is 0.261 e. The van der Waals surface area contributed by atoms with E-state index in [2.05, 4.69) is 10.0 Å². The van der Waals surface area contributed by atoms with Gasteiger partial charge in [0, 0.05) is 10.7 Å². The van der Waals surface area contributed by atoms with Crippen molar-refractivity contribution < 1.29 is 21.6 Å². The van der Waals surface area contributed by atoms with Crippen molar-refractivity contribution in [2.75, 3.05) is 20.6 Å². The first kappa shape index (κ1) is 27.5. The highest BCUT2D eigenvalue weighted by atomic mass is 35.5. The van der Waals surface area contributed by atoms with Crippen LogP contribution in [-0.4, -0.2) is 35.0 Å². The Bertz CT molecular complexity index is 1510. The fourth-order valence-corrected chi connectivity index (χ4v) is 6.13. The van der Waals surface area contributed by atoms with Crippen LogP contribution in [0.5, 0.6) is 0 Å². The monoisotopic (exact) mass is 549 g/mol. The van der Waals surface area contributed by atoms with Crippen LogP contribution in [0.25, 0.3) is 0 Å². The molecule has 11 heteroatoms. The highest BCUT2D eigenvalue weighted by molar-refractivity contribution is 7.92. The summed E-state index contributed by atoms with van der Waals surface area (Å²) in [6, 6.07) is 14.8. The molecule has 0 aliphatic rings. The van der Waals surface area contributed by atoms with Crippen molar-refractivity contribution >= 4 is 54.6 Å². The van der Waals surface area contributed by atoms with Crippen molar-refractivity contribution in [3.63, 3.8) is 0 Å². The Hall–Kier alpha value is -3.08. The van der Waals surface area contributed by atoms with Crippen LogP contribution in [0.2, 0.25) is 5.02 Å². The standard InChI is InChI=1S/C25H28ClN3O5S2/c1-16-6-7-18(3)24(14-16)29(35(5,31)32)19(4)25(30)27-21-10-12-22(13-11-21)36(33,34)28-23-15-20(26)9-8-17(23)2/h6-15,19,28H,1-5H3,(H,27,30)/t19-/m1/s1. The van der Waals surface area contributed by atoms with Crippen LogP contribution >= 0.6 is 11.6 Å². The third kappa shape index (κ3) is 6.37. The van der Waals surface area contributed by atoms with Gasteiger partial charge in [0.1, 0.15) is 6.04 Å². The minimum Gasteiger partial charge on any atom is -0.324 e. The van der Waals surface area contributed by atoms with Crippen molar-refractivity contribution in [3.8, 4) is 0 Å². The first-order valence-electron chi connectivity index (χ1n) is 11.0. The number of rotatable bonds is 8. The van der Waals surface area contributed by atoms with Crippen LogP contribution in [0.4, 0.5) is 17.1 Å². The van der Waals surface area contributed by atoms with Gasteiger partial charge in [-0.3, -0.25) is 13.8 Å². The van der Waals surface area contributed by atoms with Gasteiger partial charge in [0.2, 0.25) is 15.9 Å². The summed E-state index contributed by atoms with van der Waals surface area (Å²) >= 11 is 5.98. The molecule has 0 saturated heterocycles. The lowest BCUT2D eigenvalue weighted by Crippen LogP contribution is -2.45. The first-order valence-corrected chi connectivity index (χ1v) is 14.7. The predicted octanol–water partition coefficient (Wildman–Crippen LogP) is 4.86. The third-order valence-corrected chi connectivity index (χ3v) is 8.41. The Morgan fingerprint density at radius 3 is 2.11 bits per heavy atom. The normalized spacial score (nSPS) is 12.6. The van der Waals surface area contributed by atoms with Crippen LogP contribution in [0.3, 0.4) is 0 Å². The molecule has 36 heavy (non-hydrogen) atoms. The molecule has 0 bridgehead atoms. The minimum absolute atomic E-state index is 0.0129. The van der Waals surface area contributed by atoms with Crippen molar-refractivity contribution in [2.45, 2.75) is 38.6 Å². The van der Waals surface area contributed by atoms with Crippen molar-refractivity contribution in [1.29, 1.82) is 0 Å². The van der Waals surface area contributed by atoms with E-state index in [1.807, 2.05) is 13.0 Å². The number of nitrogens with one attached hydrogen (secondary N) is 2. The lowest BCUT2D eigenvalue weighted by atomic mass is 10.1. The molecule has 0 aliphatic carbocycles. The molecule has 0 aromatic heterocycles. The molecule has 2 N–H and O–H groups in total. The topological polar surface area (TPSA) is 113 Å². The van der Waals surface area contributed by atoms with E-state index in [4.69, 9.17) is 11.6 Å². The second-order valence-corrected chi connectivity index (χ2v) is 12.6. The lowest BCUT2D eigenvalue weighted by Gasteiger charge is -2.29. The van der Waals surface area contributed by atoms with Gasteiger partial charge in [0.25, 0.3) is 10.0 Å². The second-order valence-electron chi connectivity index (χ2n) is 8.60. The quantitative estimate of drug-likeness (QED) is 0.416. The fraction of sp³-hybridized carbons (Fsp3) is 0.240. The van der Waals surface area contributed by atoms with E-state index >= 15 is 0 Å². The third-order valence-electron chi connectivity index (χ3n) is 5.57. The summed E-state index contributed by atoms with van der Waals surface area (Å²) in [5, 5.41) is 3.06. The molecular weight excluding hydrogens is 522 g/mol. The second kappa shape index (κ2) is 10.5. The van der Waals surface area contributed by atoms with Gasteiger partial charge in [0.05, 0.1) is 22.5 Å². The predicted molar refractivity (Wildman–Crippen MR) is 145 cm³/mol. The average Bonchev–Trinajstić information content (AvgIpc) is 2.78. The fourth-order valence-electron chi connectivity index (χ4n) is 3.61. The molecule has 0 saturated carbocycles. The zero-order valence-corrected chi connectivity index (χ0v) is 22.9. The lowest BCUT2D eigenvalue weighted by molar-refractivity contribution is -0.116. The van der Waals surface area contributed by atoms with Crippen molar-refractivity contribution in [2.24, 2.45) is 0 Å². The molecule has 0 heterocycles. The number of aryl methyl sites for hydroxylation is 3. The summed E-state index contributed by atoms with van der Waals surface area (Å²) in [6.45, 7) is 6.86. The Labute approximate surface area is 217 Å². The molecule has 3 rings (SSSR count). The minimum atomic E-state index is -3.90. The Morgan fingerprint density at radius 1 is 0.889 bits per heavy atom. The summed E-state index contributed by atoms with van der Waals surface area (Å²) in [4.78, 5) is 13.0. The Kier molecular flexibility index (Phi) is 8.02. The number of anilines is 3. The van der Waals surface area contributed by atoms with Gasteiger partial charge >= 0.3 is 0 Å². The average molecular weight is 550 g/mol. The van der Waals surface area contributed by atoms with Gasteiger partial charge < -0.3 is 5.32 Å². The van der Waals surface area contributed by atoms with Crippen molar-refractivity contribution in [3.05, 3.63) is 82.4 Å². The van der Waals surface area contributed by atoms with E-state index in [0.29, 0.717) is 33.2 Å². The maximum absolute atomic E-state index is 13.0. The van der Waals surface area contributed by atoms with Gasteiger partial charge in [-0.2, -0.15) is 0 Å². The number of carbonyl (C=O) groups is 1. The van der Waals surface area contributed by atoms with Crippen LogP contribution < -0.4 is 14.3 Å². The maximum atomic E-state index is 13.0. The number of hydrogen-bond donors (Lipinski definition) is 2. The van der Waals surface area contributed by atoms with Crippen LogP contribution in [0, 0.1) is 20.8 Å². The molecule has 8 nitrogen and oxygen atoms in total. The summed E-state index contributed by atoms with van der Waals surface area (Å²) in [5.41, 5.74) is 3.38. The molecule has 1 amide bonds. The summed E-state index contributed by atoms with van der Waals surface area (Å²) < 4.78 is 54.4. The van der Waals surface area contributed by atoms with E-state index in [-0.39, 0.29) is 4.90 Å². The molecule has 1 atom stereocenters. The van der Waals surface area contributed by atoms with Gasteiger partial charge in [0.15, 0.2) is 0 Å². The number of amides is 1. The molecule has 0 aliphatic heterocycles. The number of sulfonamides is 2. The maximum Gasteiger partial charge on any atom is 0.261 e. The van der Waals surface area contributed by atoms with Gasteiger partial charge in [-0.15, -0.1) is 0 Å². The first-order chi connectivity index (χ1) is 16.7. The largest absolute Gasteiger partial charge is 0.324 e. The van der Waals surface area contributed by atoms with Gasteiger partial charge in [-0.1, -0.05) is 29.8 Å². The summed E-state index contributed by atoms with van der Waals surface area (Å²) in [7, 11) is -7.68. The summed E-state index contributed by atoms with van der Waals surface area (Å²) in [5.74, 6) is -0.565.